The first-order valence-corrected chi connectivity index (χ1v) is 7.79. The molecule has 0 aromatic heterocycles. The van der Waals surface area contributed by atoms with Gasteiger partial charge in [0.05, 0.1) is 27.0 Å². The molecule has 1 aliphatic rings. The highest BCUT2D eigenvalue weighted by Crippen LogP contribution is 2.38. The second-order valence-corrected chi connectivity index (χ2v) is 5.29. The van der Waals surface area contributed by atoms with E-state index in [0.717, 1.165) is 5.69 Å². The van der Waals surface area contributed by atoms with E-state index in [1.807, 2.05) is 30.3 Å². The van der Waals surface area contributed by atoms with E-state index < -0.39 is 0 Å². The van der Waals surface area contributed by atoms with Crippen LogP contribution in [0.2, 0.25) is 0 Å². The van der Waals surface area contributed by atoms with Crippen LogP contribution in [0.5, 0.6) is 17.2 Å². The van der Waals surface area contributed by atoms with Crippen molar-refractivity contribution in [1.82, 2.24) is 0 Å². The predicted molar refractivity (Wildman–Crippen MR) is 102 cm³/mol. The van der Waals surface area contributed by atoms with Crippen LogP contribution in [-0.2, 0) is 0 Å². The molecule has 0 spiro atoms. The maximum absolute atomic E-state index is 5.95. The number of anilines is 1. The number of nitrogens with zero attached hydrogens (tertiary/aromatic N) is 3. The third kappa shape index (κ3) is 3.30. The molecule has 26 heavy (non-hydrogen) atoms. The molecule has 0 radical (unpaired) electrons. The molecule has 0 aliphatic carbocycles. The third-order valence-electron chi connectivity index (χ3n) is 3.73. The average Bonchev–Trinajstić information content (AvgIpc) is 3.06. The van der Waals surface area contributed by atoms with Crippen LogP contribution >= 0.6 is 0 Å². The summed E-state index contributed by atoms with van der Waals surface area (Å²) in [5.41, 5.74) is 11.4. The predicted octanol–water partition coefficient (Wildman–Crippen LogP) is 2.26. The molecule has 1 heterocycles. The Labute approximate surface area is 151 Å². The van der Waals surface area contributed by atoms with E-state index in [9.17, 15) is 0 Å². The van der Waals surface area contributed by atoms with Gasteiger partial charge in [-0.25, -0.2) is 0 Å². The van der Waals surface area contributed by atoms with Crippen molar-refractivity contribution >= 4 is 22.9 Å². The molecule has 2 aromatic carbocycles. The number of rotatable bonds is 6. The number of nitrogens with two attached hydrogens (primary N) is 1. The van der Waals surface area contributed by atoms with Crippen molar-refractivity contribution in [3.63, 3.8) is 0 Å². The van der Waals surface area contributed by atoms with Crippen molar-refractivity contribution in [3.05, 3.63) is 48.0 Å². The quantitative estimate of drug-likeness (QED) is 0.776. The molecule has 0 amide bonds. The lowest BCUT2D eigenvalue weighted by atomic mass is 10.0. The van der Waals surface area contributed by atoms with Crippen LogP contribution in [0.15, 0.2) is 57.8 Å². The lowest BCUT2D eigenvalue weighted by Crippen LogP contribution is -2.28. The highest BCUT2D eigenvalue weighted by Gasteiger charge is 2.25. The minimum absolute atomic E-state index is 0.220. The van der Waals surface area contributed by atoms with Crippen LogP contribution in [0.3, 0.4) is 0 Å². The fraction of sp³-hybridized carbons (Fsp3) is 0.167. The van der Waals surface area contributed by atoms with Gasteiger partial charge in [-0.1, -0.05) is 18.2 Å². The molecule has 0 bridgehead atoms. The molecule has 0 saturated carbocycles. The van der Waals surface area contributed by atoms with E-state index in [2.05, 4.69) is 20.7 Å². The molecule has 0 unspecified atom stereocenters. The molecule has 3 N–H and O–H groups in total. The first kappa shape index (κ1) is 17.3. The summed E-state index contributed by atoms with van der Waals surface area (Å²) < 4.78 is 16.1. The highest BCUT2D eigenvalue weighted by molar-refractivity contribution is 6.72. The maximum atomic E-state index is 5.95. The van der Waals surface area contributed by atoms with Crippen molar-refractivity contribution in [1.29, 1.82) is 0 Å². The van der Waals surface area contributed by atoms with Crippen molar-refractivity contribution < 1.29 is 14.2 Å². The Balaban J connectivity index is 1.98. The van der Waals surface area contributed by atoms with Gasteiger partial charge < -0.3 is 19.9 Å². The van der Waals surface area contributed by atoms with E-state index in [1.165, 1.54) is 0 Å². The van der Waals surface area contributed by atoms with Gasteiger partial charge in [0.25, 0.3) is 0 Å². The van der Waals surface area contributed by atoms with Crippen LogP contribution in [0, 0.1) is 0 Å². The monoisotopic (exact) mass is 353 g/mol. The van der Waals surface area contributed by atoms with Gasteiger partial charge in [0.15, 0.2) is 23.0 Å². The summed E-state index contributed by atoms with van der Waals surface area (Å²) in [7, 11) is 4.65. The standard InChI is InChI=1S/C18H19N5O3/c1-24-13-9-11(10-14(25-2)17(13)26-3)15-16(18(19)23-21-15)22-20-12-7-5-4-6-8-12/h4-10,20H,1-3H3,(H2,19,22,23). The number of hydrogen-bond donors (Lipinski definition) is 2. The van der Waals surface area contributed by atoms with Gasteiger partial charge in [0.1, 0.15) is 5.71 Å². The molecule has 8 heteroatoms. The smallest absolute Gasteiger partial charge is 0.203 e. The lowest BCUT2D eigenvalue weighted by Gasteiger charge is -2.14. The number of nitrogens with one attached hydrogen (secondary N) is 1. The van der Waals surface area contributed by atoms with Gasteiger partial charge in [0.2, 0.25) is 5.75 Å². The van der Waals surface area contributed by atoms with Crippen LogP contribution in [0.25, 0.3) is 0 Å². The summed E-state index contributed by atoms with van der Waals surface area (Å²) in [5, 5.41) is 12.4. The molecular formula is C18H19N5O3. The fourth-order valence-electron chi connectivity index (χ4n) is 2.48. The zero-order valence-corrected chi connectivity index (χ0v) is 14.7. The fourth-order valence-corrected chi connectivity index (χ4v) is 2.48. The Morgan fingerprint density at radius 1 is 0.923 bits per heavy atom. The summed E-state index contributed by atoms with van der Waals surface area (Å²) in [6.07, 6.45) is 0. The van der Waals surface area contributed by atoms with Crippen molar-refractivity contribution in [2.24, 2.45) is 21.0 Å². The Bertz CT molecular complexity index is 866. The SMILES string of the molecule is COc1cc(C2=NN=C(N)/C2=N/Nc2ccccc2)cc(OC)c1OC. The second-order valence-electron chi connectivity index (χ2n) is 5.29. The Hall–Kier alpha value is -3.55. The van der Waals surface area contributed by atoms with E-state index in [0.29, 0.717) is 34.2 Å². The van der Waals surface area contributed by atoms with E-state index in [-0.39, 0.29) is 5.84 Å². The van der Waals surface area contributed by atoms with Gasteiger partial charge in [-0.2, -0.15) is 5.10 Å². The normalized spacial score (nSPS) is 14.7. The number of hydrogen-bond acceptors (Lipinski definition) is 8. The minimum atomic E-state index is 0.220. The summed E-state index contributed by atoms with van der Waals surface area (Å²) in [4.78, 5) is 0. The zero-order chi connectivity index (χ0) is 18.5. The average molecular weight is 353 g/mol. The largest absolute Gasteiger partial charge is 0.493 e. The van der Waals surface area contributed by atoms with E-state index >= 15 is 0 Å². The Morgan fingerprint density at radius 2 is 1.58 bits per heavy atom. The zero-order valence-electron chi connectivity index (χ0n) is 14.7. The van der Waals surface area contributed by atoms with Gasteiger partial charge in [-0.15, -0.1) is 10.2 Å². The van der Waals surface area contributed by atoms with Crippen LogP contribution in [-0.4, -0.2) is 38.6 Å². The summed E-state index contributed by atoms with van der Waals surface area (Å²) in [6, 6.07) is 13.1. The molecule has 0 fully saturated rings. The number of benzene rings is 2. The molecule has 3 rings (SSSR count). The third-order valence-corrected chi connectivity index (χ3v) is 3.73. The molecule has 0 atom stereocenters. The van der Waals surface area contributed by atoms with Crippen molar-refractivity contribution in [3.8, 4) is 17.2 Å². The maximum Gasteiger partial charge on any atom is 0.203 e. The second kappa shape index (κ2) is 7.56. The Kier molecular flexibility index (Phi) is 5.02. The number of amidine groups is 1. The summed E-state index contributed by atoms with van der Waals surface area (Å²) >= 11 is 0. The molecule has 2 aromatic rings. The van der Waals surface area contributed by atoms with Gasteiger partial charge in [0, 0.05) is 5.56 Å². The molecule has 1 aliphatic heterocycles. The van der Waals surface area contributed by atoms with Gasteiger partial charge in [-0.3, -0.25) is 5.43 Å². The minimum Gasteiger partial charge on any atom is -0.493 e. The number of ether oxygens (including phenoxy) is 3. The molecule has 8 nitrogen and oxygen atoms in total. The van der Waals surface area contributed by atoms with Gasteiger partial charge in [-0.05, 0) is 24.3 Å². The highest BCUT2D eigenvalue weighted by atomic mass is 16.5. The van der Waals surface area contributed by atoms with Crippen LogP contribution < -0.4 is 25.4 Å². The van der Waals surface area contributed by atoms with E-state index in [1.54, 1.807) is 33.5 Å². The number of methoxy groups -OCH3 is 3. The van der Waals surface area contributed by atoms with Crippen molar-refractivity contribution in [2.75, 3.05) is 26.8 Å². The van der Waals surface area contributed by atoms with E-state index in [4.69, 9.17) is 19.9 Å². The number of para-hydroxylation sites is 1. The topological polar surface area (TPSA) is 103 Å². The molecule has 0 saturated heterocycles. The van der Waals surface area contributed by atoms with Gasteiger partial charge >= 0.3 is 0 Å². The molecule has 134 valence electrons. The number of hydrazone groups is 1. The first-order chi connectivity index (χ1) is 12.7. The lowest BCUT2D eigenvalue weighted by molar-refractivity contribution is 0.324. The summed E-state index contributed by atoms with van der Waals surface area (Å²) in [6.45, 7) is 0. The van der Waals surface area contributed by atoms with Crippen LogP contribution in [0.1, 0.15) is 5.56 Å². The molecular weight excluding hydrogens is 334 g/mol. The van der Waals surface area contributed by atoms with Crippen LogP contribution in [0.4, 0.5) is 5.69 Å². The summed E-state index contributed by atoms with van der Waals surface area (Å²) in [5.74, 6) is 1.72. The van der Waals surface area contributed by atoms with Crippen molar-refractivity contribution in [2.45, 2.75) is 0 Å². The Morgan fingerprint density at radius 3 is 2.15 bits per heavy atom. The first-order valence-electron chi connectivity index (χ1n) is 7.79.